The summed E-state index contributed by atoms with van der Waals surface area (Å²) >= 11 is 0. The Labute approximate surface area is 229 Å². The predicted octanol–water partition coefficient (Wildman–Crippen LogP) is 5.00. The van der Waals surface area contributed by atoms with Crippen LogP contribution in [0.25, 0.3) is 0 Å². The van der Waals surface area contributed by atoms with Crippen molar-refractivity contribution in [2.24, 2.45) is 0 Å². The van der Waals surface area contributed by atoms with Gasteiger partial charge in [0.15, 0.2) is 0 Å². The van der Waals surface area contributed by atoms with E-state index >= 15 is 0 Å². The van der Waals surface area contributed by atoms with Gasteiger partial charge >= 0.3 is 6.36 Å². The van der Waals surface area contributed by atoms with Crippen molar-refractivity contribution >= 4 is 15.7 Å². The standard InChI is InChI=1S/C28H24F3N5O3S/c29-28(30,31)39-26-8-4-5-9-27(26)40(37,38)36-16-22-12-21(14-32)10-11-25(22)35(17-23-15-33-19-34-23)18-24(36)13-20-6-2-1-3-7-20/h1-12,15,19,24H,13,16-18H2,(H,33,34)/t24-/m1/s1. The number of nitrogens with one attached hydrogen (secondary N) is 1. The lowest BCUT2D eigenvalue weighted by Crippen LogP contribution is -2.45. The first-order valence-corrected chi connectivity index (χ1v) is 13.7. The van der Waals surface area contributed by atoms with E-state index in [0.717, 1.165) is 17.7 Å². The molecule has 3 aromatic carbocycles. The smallest absolute Gasteiger partial charge is 0.404 e. The summed E-state index contributed by atoms with van der Waals surface area (Å²) in [6.07, 6.45) is -1.51. The zero-order chi connectivity index (χ0) is 28.3. The molecule has 1 atom stereocenters. The van der Waals surface area contributed by atoms with Gasteiger partial charge in [0.1, 0.15) is 10.6 Å². The van der Waals surface area contributed by atoms with Crippen molar-refractivity contribution in [1.29, 1.82) is 5.26 Å². The van der Waals surface area contributed by atoms with E-state index in [1.54, 1.807) is 30.7 Å². The van der Waals surface area contributed by atoms with Crippen LogP contribution < -0.4 is 9.64 Å². The summed E-state index contributed by atoms with van der Waals surface area (Å²) in [5.74, 6) is -0.808. The summed E-state index contributed by atoms with van der Waals surface area (Å²) in [4.78, 5) is 8.61. The molecule has 0 spiro atoms. The number of alkyl halides is 3. The van der Waals surface area contributed by atoms with Crippen molar-refractivity contribution in [3.63, 3.8) is 0 Å². The number of hydrogen-bond donors (Lipinski definition) is 1. The Morgan fingerprint density at radius 1 is 1.07 bits per heavy atom. The Balaban J connectivity index is 1.64. The normalized spacial score (nSPS) is 16.1. The molecule has 1 aromatic heterocycles. The van der Waals surface area contributed by atoms with Crippen molar-refractivity contribution in [3.8, 4) is 11.8 Å². The molecule has 40 heavy (non-hydrogen) atoms. The molecule has 5 rings (SSSR count). The fraction of sp³-hybridized carbons (Fsp3) is 0.214. The maximum Gasteiger partial charge on any atom is 0.573 e. The second-order valence-corrected chi connectivity index (χ2v) is 11.1. The average molecular weight is 568 g/mol. The lowest BCUT2D eigenvalue weighted by atomic mass is 10.1. The molecule has 0 amide bonds. The summed E-state index contributed by atoms with van der Waals surface area (Å²) in [6.45, 7) is 0.389. The number of hydrogen-bond acceptors (Lipinski definition) is 6. The molecule has 1 N–H and O–H groups in total. The van der Waals surface area contributed by atoms with Gasteiger partial charge in [-0.3, -0.25) is 0 Å². The van der Waals surface area contributed by atoms with Crippen LogP contribution in [-0.4, -0.2) is 41.6 Å². The number of aromatic nitrogens is 2. The van der Waals surface area contributed by atoms with Crippen molar-refractivity contribution < 1.29 is 26.3 Å². The highest BCUT2D eigenvalue weighted by atomic mass is 32.2. The van der Waals surface area contributed by atoms with Gasteiger partial charge in [0.05, 0.1) is 30.2 Å². The molecule has 4 aromatic rings. The lowest BCUT2D eigenvalue weighted by molar-refractivity contribution is -0.275. The number of sulfonamides is 1. The van der Waals surface area contributed by atoms with Gasteiger partial charge in [-0.15, -0.1) is 13.2 Å². The number of halogens is 3. The second-order valence-electron chi connectivity index (χ2n) is 9.28. The number of nitrogens with zero attached hydrogens (tertiary/aromatic N) is 4. The first kappa shape index (κ1) is 27.2. The van der Waals surface area contributed by atoms with Crippen LogP contribution in [0.5, 0.6) is 5.75 Å². The molecular weight excluding hydrogens is 543 g/mol. The summed E-state index contributed by atoms with van der Waals surface area (Å²) in [5.41, 5.74) is 3.16. The van der Waals surface area contributed by atoms with Crippen molar-refractivity contribution in [2.75, 3.05) is 11.4 Å². The van der Waals surface area contributed by atoms with Crippen LogP contribution in [0.4, 0.5) is 18.9 Å². The predicted molar refractivity (Wildman–Crippen MR) is 141 cm³/mol. The van der Waals surface area contributed by atoms with Crippen LogP contribution >= 0.6 is 0 Å². The van der Waals surface area contributed by atoms with Crippen LogP contribution in [-0.2, 0) is 29.5 Å². The third-order valence-electron chi connectivity index (χ3n) is 6.60. The largest absolute Gasteiger partial charge is 0.573 e. The van der Waals surface area contributed by atoms with E-state index in [1.165, 1.54) is 16.4 Å². The lowest BCUT2D eigenvalue weighted by Gasteiger charge is -2.32. The van der Waals surface area contributed by atoms with Gasteiger partial charge < -0.3 is 14.6 Å². The first-order valence-electron chi connectivity index (χ1n) is 12.3. The van der Waals surface area contributed by atoms with Gasteiger partial charge in [-0.25, -0.2) is 13.4 Å². The summed E-state index contributed by atoms with van der Waals surface area (Å²) < 4.78 is 73.4. The van der Waals surface area contributed by atoms with E-state index in [-0.39, 0.29) is 13.1 Å². The third-order valence-corrected chi connectivity index (χ3v) is 8.53. The molecule has 0 unspecified atom stereocenters. The van der Waals surface area contributed by atoms with Crippen LogP contribution in [0, 0.1) is 11.3 Å². The van der Waals surface area contributed by atoms with Crippen molar-refractivity contribution in [2.45, 2.75) is 36.8 Å². The highest BCUT2D eigenvalue weighted by Crippen LogP contribution is 2.37. The van der Waals surface area contributed by atoms with Crippen molar-refractivity contribution in [3.05, 3.63) is 108 Å². The Morgan fingerprint density at radius 3 is 2.52 bits per heavy atom. The number of aromatic amines is 1. The maximum atomic E-state index is 14.2. The molecule has 206 valence electrons. The Bertz CT molecular complexity index is 1620. The van der Waals surface area contributed by atoms with Crippen LogP contribution in [0.3, 0.4) is 0 Å². The number of imidazole rings is 1. The van der Waals surface area contributed by atoms with Crippen molar-refractivity contribution in [1.82, 2.24) is 14.3 Å². The maximum absolute atomic E-state index is 14.2. The van der Waals surface area contributed by atoms with Gasteiger partial charge in [0, 0.05) is 31.0 Å². The fourth-order valence-corrected chi connectivity index (χ4v) is 6.60. The van der Waals surface area contributed by atoms with Crippen LogP contribution in [0.1, 0.15) is 22.4 Å². The Kier molecular flexibility index (Phi) is 7.51. The highest BCUT2D eigenvalue weighted by Gasteiger charge is 2.40. The number of H-pyrrole nitrogens is 1. The molecule has 0 saturated heterocycles. The minimum absolute atomic E-state index is 0.165. The van der Waals surface area contributed by atoms with Gasteiger partial charge in [-0.05, 0) is 47.9 Å². The minimum Gasteiger partial charge on any atom is -0.404 e. The van der Waals surface area contributed by atoms with E-state index in [9.17, 15) is 26.9 Å². The molecule has 0 saturated carbocycles. The number of nitriles is 1. The number of fused-ring (bicyclic) bond motifs is 1. The molecular formula is C28H24F3N5O3S. The Hall–Kier alpha value is -4.34. The van der Waals surface area contributed by atoms with Gasteiger partial charge in [-0.2, -0.15) is 9.57 Å². The first-order chi connectivity index (χ1) is 19.1. The number of ether oxygens (including phenoxy) is 1. The van der Waals surface area contributed by atoms with Crippen LogP contribution in [0.2, 0.25) is 0 Å². The number of anilines is 1. The number of para-hydroxylation sites is 1. The molecule has 0 aliphatic carbocycles. The molecule has 8 nitrogen and oxygen atoms in total. The highest BCUT2D eigenvalue weighted by molar-refractivity contribution is 7.89. The Morgan fingerprint density at radius 2 is 1.82 bits per heavy atom. The third kappa shape index (κ3) is 5.95. The van der Waals surface area contributed by atoms with E-state index in [1.807, 2.05) is 35.2 Å². The molecule has 1 aliphatic rings. The topological polar surface area (TPSA) is 102 Å². The monoisotopic (exact) mass is 567 g/mol. The molecule has 12 heteroatoms. The minimum atomic E-state index is -5.08. The average Bonchev–Trinajstić information content (AvgIpc) is 3.38. The quantitative estimate of drug-likeness (QED) is 0.337. The van der Waals surface area contributed by atoms with Gasteiger partial charge in [0.2, 0.25) is 10.0 Å². The van der Waals surface area contributed by atoms with E-state index in [4.69, 9.17) is 0 Å². The number of benzene rings is 3. The van der Waals surface area contributed by atoms with Gasteiger partial charge in [-0.1, -0.05) is 42.5 Å². The van der Waals surface area contributed by atoms with Crippen LogP contribution in [0.15, 0.2) is 90.2 Å². The molecule has 0 radical (unpaired) electrons. The molecule has 0 fully saturated rings. The zero-order valence-electron chi connectivity index (χ0n) is 21.0. The van der Waals surface area contributed by atoms with E-state index in [0.29, 0.717) is 35.5 Å². The second kappa shape index (κ2) is 11.0. The molecule has 1 aliphatic heterocycles. The van der Waals surface area contributed by atoms with E-state index < -0.39 is 33.1 Å². The molecule has 2 heterocycles. The van der Waals surface area contributed by atoms with Gasteiger partial charge in [0.25, 0.3) is 0 Å². The molecule has 0 bridgehead atoms. The summed E-state index contributed by atoms with van der Waals surface area (Å²) in [5, 5.41) is 9.55. The zero-order valence-corrected chi connectivity index (χ0v) is 21.9. The fourth-order valence-electron chi connectivity index (χ4n) is 4.89. The SMILES string of the molecule is N#Cc1ccc2c(c1)CN(S(=O)(=O)c1ccccc1OC(F)(F)F)[C@H](Cc1ccccc1)CN2Cc1c[nH]cn1. The summed E-state index contributed by atoms with van der Waals surface area (Å²) in [6, 6.07) is 20.4. The number of rotatable bonds is 7. The van der Waals surface area contributed by atoms with E-state index in [2.05, 4.69) is 20.8 Å². The summed E-state index contributed by atoms with van der Waals surface area (Å²) in [7, 11) is -4.53.